The first-order chi connectivity index (χ1) is 11.5. The number of hydrogen-bond donors (Lipinski definition) is 3. The molecule has 0 saturated carbocycles. The lowest BCUT2D eigenvalue weighted by Crippen LogP contribution is -2.32. The summed E-state index contributed by atoms with van der Waals surface area (Å²) in [6.45, 7) is 0. The Morgan fingerprint density at radius 2 is 1.92 bits per heavy atom. The highest BCUT2D eigenvalue weighted by molar-refractivity contribution is 9.10. The van der Waals surface area contributed by atoms with Crippen molar-refractivity contribution >= 4 is 39.6 Å². The highest BCUT2D eigenvalue weighted by atomic mass is 79.9. The third kappa shape index (κ3) is 4.32. The van der Waals surface area contributed by atoms with E-state index in [1.165, 1.54) is 13.3 Å². The second kappa shape index (κ2) is 8.11. The van der Waals surface area contributed by atoms with E-state index in [0.29, 0.717) is 15.7 Å². The molecule has 3 N–H and O–H groups in total. The summed E-state index contributed by atoms with van der Waals surface area (Å²) in [5.74, 6) is -1.65. The van der Waals surface area contributed by atoms with Crippen LogP contribution in [-0.2, 0) is 9.59 Å². The van der Waals surface area contributed by atoms with Crippen LogP contribution in [0.2, 0.25) is 0 Å². The number of aromatic hydroxyl groups is 1. The van der Waals surface area contributed by atoms with Crippen molar-refractivity contribution in [2.45, 2.75) is 0 Å². The molecule has 2 aromatic carbocycles. The SMILES string of the molecule is COc1cccc(/C=N\NC(=O)C(=O)Nc2ccccc2Br)c1O. The molecular formula is C16H14BrN3O4. The fourth-order valence-corrected chi connectivity index (χ4v) is 2.14. The number of nitrogens with zero attached hydrogens (tertiary/aromatic N) is 1. The summed E-state index contributed by atoms with van der Waals surface area (Å²) in [6, 6.07) is 11.7. The zero-order valence-electron chi connectivity index (χ0n) is 12.6. The van der Waals surface area contributed by atoms with E-state index in [1.54, 1.807) is 42.5 Å². The molecule has 0 bridgehead atoms. The Morgan fingerprint density at radius 1 is 1.17 bits per heavy atom. The standard InChI is InChI=1S/C16H14BrN3O4/c1-24-13-8-4-5-10(14(13)21)9-18-20-16(23)15(22)19-12-7-3-2-6-11(12)17/h2-9,21H,1H3,(H,19,22)(H,20,23)/b18-9-. The fourth-order valence-electron chi connectivity index (χ4n) is 1.76. The second-order valence-corrected chi connectivity index (χ2v) is 5.39. The third-order valence-electron chi connectivity index (χ3n) is 2.95. The van der Waals surface area contributed by atoms with Crippen LogP contribution >= 0.6 is 15.9 Å². The van der Waals surface area contributed by atoms with Crippen LogP contribution in [0, 0.1) is 0 Å². The van der Waals surface area contributed by atoms with E-state index >= 15 is 0 Å². The molecule has 0 aromatic heterocycles. The van der Waals surface area contributed by atoms with E-state index in [9.17, 15) is 14.7 Å². The smallest absolute Gasteiger partial charge is 0.329 e. The van der Waals surface area contributed by atoms with Crippen LogP contribution in [0.5, 0.6) is 11.5 Å². The van der Waals surface area contributed by atoms with E-state index in [-0.39, 0.29) is 11.5 Å². The van der Waals surface area contributed by atoms with Crippen molar-refractivity contribution in [3.63, 3.8) is 0 Å². The number of carbonyl (C=O) groups excluding carboxylic acids is 2. The lowest BCUT2D eigenvalue weighted by atomic mass is 10.2. The zero-order valence-corrected chi connectivity index (χ0v) is 14.2. The first kappa shape index (κ1) is 17.5. The highest BCUT2D eigenvalue weighted by Gasteiger charge is 2.14. The molecule has 24 heavy (non-hydrogen) atoms. The molecule has 0 radical (unpaired) electrons. The molecule has 0 atom stereocenters. The number of phenolic OH excluding ortho intramolecular Hbond substituents is 1. The van der Waals surface area contributed by atoms with Crippen molar-refractivity contribution in [3.05, 3.63) is 52.5 Å². The van der Waals surface area contributed by atoms with E-state index in [0.717, 1.165) is 0 Å². The number of halogens is 1. The van der Waals surface area contributed by atoms with Crippen molar-refractivity contribution in [2.24, 2.45) is 5.10 Å². The van der Waals surface area contributed by atoms with Crippen LogP contribution in [0.15, 0.2) is 52.0 Å². The number of amides is 2. The number of nitrogens with one attached hydrogen (secondary N) is 2. The van der Waals surface area contributed by atoms with Gasteiger partial charge >= 0.3 is 11.8 Å². The summed E-state index contributed by atoms with van der Waals surface area (Å²) in [5.41, 5.74) is 2.89. The van der Waals surface area contributed by atoms with Gasteiger partial charge in [-0.2, -0.15) is 5.10 Å². The van der Waals surface area contributed by atoms with Crippen LogP contribution < -0.4 is 15.5 Å². The van der Waals surface area contributed by atoms with Gasteiger partial charge in [-0.1, -0.05) is 18.2 Å². The maximum atomic E-state index is 11.8. The maximum absolute atomic E-state index is 11.8. The summed E-state index contributed by atoms with van der Waals surface area (Å²) >= 11 is 3.26. The Hall–Kier alpha value is -2.87. The molecule has 0 aliphatic carbocycles. The van der Waals surface area contributed by atoms with Gasteiger partial charge in [0.2, 0.25) is 0 Å². The largest absolute Gasteiger partial charge is 0.504 e. The minimum Gasteiger partial charge on any atom is -0.504 e. The molecule has 2 amide bonds. The molecule has 0 heterocycles. The molecule has 124 valence electrons. The second-order valence-electron chi connectivity index (χ2n) is 4.53. The Kier molecular flexibility index (Phi) is 5.91. The third-order valence-corrected chi connectivity index (χ3v) is 3.64. The van der Waals surface area contributed by atoms with Gasteiger partial charge in [-0.3, -0.25) is 9.59 Å². The van der Waals surface area contributed by atoms with Crippen molar-refractivity contribution in [1.82, 2.24) is 5.43 Å². The summed E-state index contributed by atoms with van der Waals surface area (Å²) in [7, 11) is 1.42. The molecule has 7 nitrogen and oxygen atoms in total. The predicted molar refractivity (Wildman–Crippen MR) is 93.2 cm³/mol. The predicted octanol–water partition coefficient (Wildman–Crippen LogP) is 2.25. The quantitative estimate of drug-likeness (QED) is 0.422. The molecule has 0 aliphatic heterocycles. The number of benzene rings is 2. The summed E-state index contributed by atoms with van der Waals surface area (Å²) in [6.07, 6.45) is 1.21. The molecule has 0 unspecified atom stereocenters. The Morgan fingerprint density at radius 3 is 2.62 bits per heavy atom. The monoisotopic (exact) mass is 391 g/mol. The van der Waals surface area contributed by atoms with Gasteiger partial charge in [-0.05, 0) is 40.2 Å². The number of para-hydroxylation sites is 2. The topological polar surface area (TPSA) is 100 Å². The van der Waals surface area contributed by atoms with Crippen molar-refractivity contribution in [1.29, 1.82) is 0 Å². The van der Waals surface area contributed by atoms with E-state index < -0.39 is 11.8 Å². The number of hydrogen-bond acceptors (Lipinski definition) is 5. The van der Waals surface area contributed by atoms with Gasteiger partial charge in [0.15, 0.2) is 11.5 Å². The average molecular weight is 392 g/mol. The van der Waals surface area contributed by atoms with Gasteiger partial charge < -0.3 is 15.2 Å². The number of carbonyl (C=O) groups is 2. The first-order valence-corrected chi connectivity index (χ1v) is 7.57. The first-order valence-electron chi connectivity index (χ1n) is 6.78. The summed E-state index contributed by atoms with van der Waals surface area (Å²) < 4.78 is 5.61. The molecule has 0 saturated heterocycles. The molecular weight excluding hydrogens is 378 g/mol. The molecule has 0 fully saturated rings. The minimum atomic E-state index is -0.940. The number of rotatable bonds is 4. The Bertz CT molecular complexity index is 793. The normalized spacial score (nSPS) is 10.4. The Labute approximate surface area is 146 Å². The van der Waals surface area contributed by atoms with Crippen LogP contribution in [0.4, 0.5) is 5.69 Å². The molecule has 2 rings (SSSR count). The van der Waals surface area contributed by atoms with Crippen LogP contribution in [-0.4, -0.2) is 30.2 Å². The summed E-state index contributed by atoms with van der Waals surface area (Å²) in [5, 5.41) is 16.0. The van der Waals surface area contributed by atoms with Gasteiger partial charge in [0, 0.05) is 10.0 Å². The van der Waals surface area contributed by atoms with Gasteiger partial charge in [0.1, 0.15) is 0 Å². The van der Waals surface area contributed by atoms with Crippen LogP contribution in [0.1, 0.15) is 5.56 Å². The van der Waals surface area contributed by atoms with E-state index in [4.69, 9.17) is 4.74 Å². The highest BCUT2D eigenvalue weighted by Crippen LogP contribution is 2.27. The molecule has 0 aliphatic rings. The van der Waals surface area contributed by atoms with Crippen molar-refractivity contribution < 1.29 is 19.4 Å². The van der Waals surface area contributed by atoms with Gasteiger partial charge in [-0.15, -0.1) is 0 Å². The maximum Gasteiger partial charge on any atom is 0.329 e. The number of anilines is 1. The number of ether oxygens (including phenoxy) is 1. The number of hydrazone groups is 1. The van der Waals surface area contributed by atoms with Gasteiger partial charge in [-0.25, -0.2) is 5.43 Å². The van der Waals surface area contributed by atoms with Crippen LogP contribution in [0.3, 0.4) is 0 Å². The van der Waals surface area contributed by atoms with Crippen molar-refractivity contribution in [3.8, 4) is 11.5 Å². The van der Waals surface area contributed by atoms with E-state index in [1.807, 2.05) is 0 Å². The lowest BCUT2D eigenvalue weighted by Gasteiger charge is -2.06. The summed E-state index contributed by atoms with van der Waals surface area (Å²) in [4.78, 5) is 23.5. The van der Waals surface area contributed by atoms with Gasteiger partial charge in [0.25, 0.3) is 0 Å². The van der Waals surface area contributed by atoms with E-state index in [2.05, 4.69) is 31.8 Å². The average Bonchev–Trinajstić information content (AvgIpc) is 2.58. The number of methoxy groups -OCH3 is 1. The lowest BCUT2D eigenvalue weighted by molar-refractivity contribution is -0.136. The minimum absolute atomic E-state index is 0.115. The molecule has 2 aromatic rings. The Balaban J connectivity index is 1.98. The van der Waals surface area contributed by atoms with Gasteiger partial charge in [0.05, 0.1) is 19.0 Å². The van der Waals surface area contributed by atoms with Crippen molar-refractivity contribution in [2.75, 3.05) is 12.4 Å². The molecule has 0 spiro atoms. The fraction of sp³-hybridized carbons (Fsp3) is 0.0625. The van der Waals surface area contributed by atoms with Crippen LogP contribution in [0.25, 0.3) is 0 Å². The zero-order chi connectivity index (χ0) is 17.5. The molecule has 8 heteroatoms. The number of phenols is 1.